The fourth-order valence-corrected chi connectivity index (χ4v) is 2.15. The first-order chi connectivity index (χ1) is 9.70. The molecule has 2 amide bonds. The maximum atomic E-state index is 11.9. The summed E-state index contributed by atoms with van der Waals surface area (Å²) in [5.41, 5.74) is 0.534. The zero-order valence-corrected chi connectivity index (χ0v) is 12.4. The third-order valence-corrected chi connectivity index (χ3v) is 3.54. The lowest BCUT2D eigenvalue weighted by molar-refractivity contribution is -0.0342. The van der Waals surface area contributed by atoms with E-state index in [1.54, 1.807) is 23.2 Å². The Bertz CT molecular complexity index is 450. The Morgan fingerprint density at radius 2 is 2.35 bits per heavy atom. The third-order valence-electron chi connectivity index (χ3n) is 3.24. The largest absolute Gasteiger partial charge is 0.375 e. The molecule has 1 aromatic heterocycles. The lowest BCUT2D eigenvalue weighted by Gasteiger charge is -2.38. The molecule has 1 aliphatic heterocycles. The summed E-state index contributed by atoms with van der Waals surface area (Å²) in [5, 5.41) is 3.05. The lowest BCUT2D eigenvalue weighted by Crippen LogP contribution is -2.56. The number of hydrogen-bond donors (Lipinski definition) is 1. The fraction of sp³-hybridized carbons (Fsp3) is 0.571. The molecule has 110 valence electrons. The van der Waals surface area contributed by atoms with Crippen LogP contribution in [0.1, 0.15) is 26.2 Å². The zero-order chi connectivity index (χ0) is 14.4. The van der Waals surface area contributed by atoms with Crippen molar-refractivity contribution < 1.29 is 9.53 Å². The molecule has 0 aromatic carbocycles. The van der Waals surface area contributed by atoms with Crippen LogP contribution in [0.3, 0.4) is 0 Å². The topological polar surface area (TPSA) is 54.5 Å². The number of hydrogen-bond acceptors (Lipinski definition) is 3. The van der Waals surface area contributed by atoms with Crippen LogP contribution in [0.5, 0.6) is 0 Å². The van der Waals surface area contributed by atoms with E-state index in [-0.39, 0.29) is 12.1 Å². The normalized spacial score (nSPS) is 15.0. The molecule has 1 N–H and O–H groups in total. The minimum absolute atomic E-state index is 0.159. The molecule has 0 bridgehead atoms. The minimum Gasteiger partial charge on any atom is -0.375 e. The highest BCUT2D eigenvalue weighted by Crippen LogP contribution is 2.20. The molecule has 5 nitrogen and oxygen atoms in total. The van der Waals surface area contributed by atoms with Crippen molar-refractivity contribution in [3.8, 4) is 0 Å². The molecule has 0 radical (unpaired) electrons. The first kappa shape index (κ1) is 15.1. The Hall–Kier alpha value is -1.33. The van der Waals surface area contributed by atoms with Gasteiger partial charge in [-0.05, 0) is 18.6 Å². The number of rotatable bonds is 6. The number of nitrogens with one attached hydrogen (secondary N) is 1. The second kappa shape index (κ2) is 7.45. The zero-order valence-electron chi connectivity index (χ0n) is 11.6. The molecule has 0 spiro atoms. The summed E-state index contributed by atoms with van der Waals surface area (Å²) in [7, 11) is 0. The van der Waals surface area contributed by atoms with E-state index in [2.05, 4.69) is 17.2 Å². The Morgan fingerprint density at radius 3 is 3.05 bits per heavy atom. The molecule has 0 saturated carbocycles. The highest BCUT2D eigenvalue weighted by Gasteiger charge is 2.31. The quantitative estimate of drug-likeness (QED) is 0.648. The Kier molecular flexibility index (Phi) is 5.61. The van der Waals surface area contributed by atoms with Crippen molar-refractivity contribution in [2.45, 2.75) is 32.3 Å². The number of amides is 2. The van der Waals surface area contributed by atoms with Crippen LogP contribution < -0.4 is 5.32 Å². The van der Waals surface area contributed by atoms with Gasteiger partial charge >= 0.3 is 6.03 Å². The van der Waals surface area contributed by atoms with Crippen LogP contribution in [0, 0.1) is 0 Å². The van der Waals surface area contributed by atoms with Gasteiger partial charge in [-0.3, -0.25) is 0 Å². The summed E-state index contributed by atoms with van der Waals surface area (Å²) in [6, 6.07) is 3.30. The van der Waals surface area contributed by atoms with E-state index in [1.165, 1.54) is 12.8 Å². The Balaban J connectivity index is 1.68. The molecule has 2 heterocycles. The number of unbranched alkanes of at least 4 members (excludes halogenated alkanes) is 2. The van der Waals surface area contributed by atoms with Gasteiger partial charge in [0.2, 0.25) is 0 Å². The van der Waals surface area contributed by atoms with Crippen molar-refractivity contribution in [1.29, 1.82) is 0 Å². The molecule has 1 aromatic rings. The first-order valence-corrected chi connectivity index (χ1v) is 7.36. The van der Waals surface area contributed by atoms with Crippen LogP contribution in [-0.2, 0) is 4.74 Å². The molecule has 0 atom stereocenters. The smallest absolute Gasteiger partial charge is 0.322 e. The van der Waals surface area contributed by atoms with Crippen LogP contribution in [0.4, 0.5) is 10.5 Å². The van der Waals surface area contributed by atoms with Crippen LogP contribution in [0.2, 0.25) is 5.15 Å². The summed E-state index contributed by atoms with van der Waals surface area (Å²) in [4.78, 5) is 17.6. The van der Waals surface area contributed by atoms with E-state index >= 15 is 0 Å². The number of carbonyl (C=O) groups excluding carboxylic acids is 1. The van der Waals surface area contributed by atoms with Gasteiger partial charge in [-0.25, -0.2) is 9.78 Å². The standard InChI is InChI=1S/C14H20ClN3O2/c1-2-3-4-8-20-11-9-18(10-11)14(19)17-12-6-5-7-16-13(12)15/h5-7,11H,2-4,8-10H2,1H3,(H,17,19). The highest BCUT2D eigenvalue weighted by molar-refractivity contribution is 6.32. The minimum atomic E-state index is -0.159. The summed E-state index contributed by atoms with van der Waals surface area (Å²) < 4.78 is 5.67. The van der Waals surface area contributed by atoms with Gasteiger partial charge < -0.3 is 15.0 Å². The molecule has 0 unspecified atom stereocenters. The van der Waals surface area contributed by atoms with Crippen molar-refractivity contribution in [1.82, 2.24) is 9.88 Å². The Labute approximate surface area is 124 Å². The summed E-state index contributed by atoms with van der Waals surface area (Å²) in [6.45, 7) is 4.22. The fourth-order valence-electron chi connectivity index (χ4n) is 1.98. The SMILES string of the molecule is CCCCCOC1CN(C(=O)Nc2cccnc2Cl)C1. The molecule has 1 aliphatic rings. The molecule has 20 heavy (non-hydrogen) atoms. The van der Waals surface area contributed by atoms with E-state index in [0.717, 1.165) is 13.0 Å². The average molecular weight is 298 g/mol. The first-order valence-electron chi connectivity index (χ1n) is 6.98. The van der Waals surface area contributed by atoms with E-state index < -0.39 is 0 Å². The van der Waals surface area contributed by atoms with Gasteiger partial charge in [-0.2, -0.15) is 0 Å². The van der Waals surface area contributed by atoms with Gasteiger partial charge in [0, 0.05) is 12.8 Å². The van der Waals surface area contributed by atoms with Gasteiger partial charge in [0.25, 0.3) is 0 Å². The van der Waals surface area contributed by atoms with Crippen molar-refractivity contribution in [3.63, 3.8) is 0 Å². The highest BCUT2D eigenvalue weighted by atomic mass is 35.5. The molecule has 6 heteroatoms. The third kappa shape index (κ3) is 4.08. The summed E-state index contributed by atoms with van der Waals surface area (Å²) in [5.74, 6) is 0. The number of carbonyl (C=O) groups is 1. The summed E-state index contributed by atoms with van der Waals surface area (Å²) in [6.07, 6.45) is 5.22. The van der Waals surface area contributed by atoms with E-state index in [0.29, 0.717) is 23.9 Å². The van der Waals surface area contributed by atoms with Crippen LogP contribution in [-0.4, -0.2) is 41.7 Å². The van der Waals surface area contributed by atoms with Crippen molar-refractivity contribution in [2.24, 2.45) is 0 Å². The number of urea groups is 1. The molecule has 0 aliphatic carbocycles. The maximum Gasteiger partial charge on any atom is 0.322 e. The van der Waals surface area contributed by atoms with Gasteiger partial charge in [0.15, 0.2) is 5.15 Å². The van der Waals surface area contributed by atoms with Crippen LogP contribution in [0.25, 0.3) is 0 Å². The number of aromatic nitrogens is 1. The van der Waals surface area contributed by atoms with Crippen molar-refractivity contribution in [3.05, 3.63) is 23.5 Å². The predicted molar refractivity (Wildman–Crippen MR) is 79.1 cm³/mol. The lowest BCUT2D eigenvalue weighted by atomic mass is 10.2. The average Bonchev–Trinajstić information content (AvgIpc) is 2.39. The number of nitrogens with zero attached hydrogens (tertiary/aromatic N) is 2. The number of halogens is 1. The van der Waals surface area contributed by atoms with Gasteiger partial charge in [0.05, 0.1) is 24.9 Å². The van der Waals surface area contributed by atoms with Crippen LogP contribution >= 0.6 is 11.6 Å². The van der Waals surface area contributed by atoms with E-state index in [4.69, 9.17) is 16.3 Å². The Morgan fingerprint density at radius 1 is 1.55 bits per heavy atom. The number of ether oxygens (including phenoxy) is 1. The molecule has 1 fully saturated rings. The number of likely N-dealkylation sites (tertiary alicyclic amines) is 1. The molecule has 2 rings (SSSR count). The monoisotopic (exact) mass is 297 g/mol. The molecular weight excluding hydrogens is 278 g/mol. The predicted octanol–water partition coefficient (Wildman–Crippen LogP) is 3.16. The van der Waals surface area contributed by atoms with Crippen molar-refractivity contribution in [2.75, 3.05) is 25.0 Å². The molecule has 1 saturated heterocycles. The summed E-state index contributed by atoms with van der Waals surface area (Å²) >= 11 is 5.89. The van der Waals surface area contributed by atoms with Gasteiger partial charge in [-0.15, -0.1) is 0 Å². The second-order valence-electron chi connectivity index (χ2n) is 4.88. The number of pyridine rings is 1. The van der Waals surface area contributed by atoms with Gasteiger partial charge in [-0.1, -0.05) is 31.4 Å². The van der Waals surface area contributed by atoms with E-state index in [1.807, 2.05) is 0 Å². The van der Waals surface area contributed by atoms with E-state index in [9.17, 15) is 4.79 Å². The molecular formula is C14H20ClN3O2. The van der Waals surface area contributed by atoms with Crippen LogP contribution in [0.15, 0.2) is 18.3 Å². The van der Waals surface area contributed by atoms with Crippen molar-refractivity contribution >= 4 is 23.3 Å². The van der Waals surface area contributed by atoms with Gasteiger partial charge in [0.1, 0.15) is 0 Å². The number of anilines is 1. The second-order valence-corrected chi connectivity index (χ2v) is 5.23. The maximum absolute atomic E-state index is 11.9.